The maximum absolute atomic E-state index is 9.41. The number of rotatable bonds is 8. The van der Waals surface area contributed by atoms with Crippen molar-refractivity contribution in [3.63, 3.8) is 0 Å². The molecule has 0 saturated carbocycles. The van der Waals surface area contributed by atoms with Gasteiger partial charge in [0.15, 0.2) is 0 Å². The Morgan fingerprint density at radius 1 is 1.20 bits per heavy atom. The minimum absolute atomic E-state index is 0.0751. The summed E-state index contributed by atoms with van der Waals surface area (Å²) in [6.45, 7) is 9.55. The average Bonchev–Trinajstić information content (AvgIpc) is 2.42. The highest BCUT2D eigenvalue weighted by Crippen LogP contribution is 2.17. The highest BCUT2D eigenvalue weighted by molar-refractivity contribution is 5.43. The van der Waals surface area contributed by atoms with Crippen molar-refractivity contribution in [3.05, 3.63) is 23.4 Å². The number of likely N-dealkylation sites (N-methyl/N-ethyl adjacent to an activating group) is 1. The number of nitrogens with zero attached hydrogens (tertiary/aromatic N) is 3. The number of aliphatic hydroxyl groups is 1. The zero-order valence-electron chi connectivity index (χ0n) is 13.6. The predicted molar refractivity (Wildman–Crippen MR) is 85.1 cm³/mol. The first-order valence-electron chi connectivity index (χ1n) is 7.46. The Balaban J connectivity index is 2.98. The number of pyridine rings is 1. The standard InChI is InChI=1S/C16H29N3O/c1-6-15-9-14(12-20)10-16(17-15)19(11-13(2)3)8-7-18(4)5/h9-10,13,20H,6-8,11-12H2,1-5H3. The summed E-state index contributed by atoms with van der Waals surface area (Å²) >= 11 is 0. The number of aromatic nitrogens is 1. The highest BCUT2D eigenvalue weighted by atomic mass is 16.3. The number of hydrogen-bond acceptors (Lipinski definition) is 4. The summed E-state index contributed by atoms with van der Waals surface area (Å²) < 4.78 is 0. The first-order chi connectivity index (χ1) is 9.46. The Labute approximate surface area is 123 Å². The number of aliphatic hydroxyl groups excluding tert-OH is 1. The summed E-state index contributed by atoms with van der Waals surface area (Å²) in [5.41, 5.74) is 2.00. The Hall–Kier alpha value is -1.13. The molecule has 1 aromatic heterocycles. The average molecular weight is 279 g/mol. The molecule has 1 aromatic rings. The van der Waals surface area contributed by atoms with E-state index in [4.69, 9.17) is 4.98 Å². The molecule has 0 radical (unpaired) electrons. The van der Waals surface area contributed by atoms with Gasteiger partial charge in [0.1, 0.15) is 5.82 Å². The van der Waals surface area contributed by atoms with Gasteiger partial charge in [-0.05, 0) is 44.1 Å². The minimum atomic E-state index is 0.0751. The third-order valence-electron chi connectivity index (χ3n) is 3.20. The summed E-state index contributed by atoms with van der Waals surface area (Å²) in [5, 5.41) is 9.41. The van der Waals surface area contributed by atoms with Crippen LogP contribution in [0.5, 0.6) is 0 Å². The Morgan fingerprint density at radius 2 is 1.90 bits per heavy atom. The molecule has 0 aliphatic rings. The Bertz CT molecular complexity index is 382. The van der Waals surface area contributed by atoms with Crippen LogP contribution in [0.2, 0.25) is 0 Å². The van der Waals surface area contributed by atoms with E-state index < -0.39 is 0 Å². The largest absolute Gasteiger partial charge is 0.392 e. The van der Waals surface area contributed by atoms with E-state index in [0.29, 0.717) is 5.92 Å². The molecular weight excluding hydrogens is 250 g/mol. The van der Waals surface area contributed by atoms with E-state index in [1.54, 1.807) is 0 Å². The number of anilines is 1. The van der Waals surface area contributed by atoms with Crippen molar-refractivity contribution >= 4 is 5.82 Å². The molecule has 0 aliphatic carbocycles. The van der Waals surface area contributed by atoms with Crippen molar-refractivity contribution in [1.29, 1.82) is 0 Å². The zero-order chi connectivity index (χ0) is 15.1. The van der Waals surface area contributed by atoms with E-state index in [2.05, 4.69) is 44.7 Å². The SMILES string of the molecule is CCc1cc(CO)cc(N(CCN(C)C)CC(C)C)n1. The van der Waals surface area contributed by atoms with Crippen molar-refractivity contribution in [1.82, 2.24) is 9.88 Å². The summed E-state index contributed by atoms with van der Waals surface area (Å²) in [6.07, 6.45) is 0.893. The Morgan fingerprint density at radius 3 is 2.40 bits per heavy atom. The molecule has 0 saturated heterocycles. The maximum Gasteiger partial charge on any atom is 0.129 e. The van der Waals surface area contributed by atoms with Crippen LogP contribution in [0.3, 0.4) is 0 Å². The van der Waals surface area contributed by atoms with E-state index in [0.717, 1.165) is 43.1 Å². The highest BCUT2D eigenvalue weighted by Gasteiger charge is 2.12. The van der Waals surface area contributed by atoms with E-state index in [1.165, 1.54) is 0 Å². The second-order valence-corrected chi connectivity index (χ2v) is 5.98. The van der Waals surface area contributed by atoms with Gasteiger partial charge in [-0.3, -0.25) is 0 Å². The third kappa shape index (κ3) is 5.47. The van der Waals surface area contributed by atoms with Gasteiger partial charge in [0, 0.05) is 25.3 Å². The molecule has 114 valence electrons. The quantitative estimate of drug-likeness (QED) is 0.791. The predicted octanol–water partition coefficient (Wildman–Crippen LogP) is 2.16. The molecule has 0 aromatic carbocycles. The fourth-order valence-corrected chi connectivity index (χ4v) is 2.13. The van der Waals surface area contributed by atoms with Gasteiger partial charge in [0.25, 0.3) is 0 Å². The van der Waals surface area contributed by atoms with Crippen molar-refractivity contribution in [3.8, 4) is 0 Å². The summed E-state index contributed by atoms with van der Waals surface area (Å²) in [5.74, 6) is 1.57. The van der Waals surface area contributed by atoms with Crippen LogP contribution in [0, 0.1) is 5.92 Å². The first-order valence-corrected chi connectivity index (χ1v) is 7.46. The van der Waals surface area contributed by atoms with Gasteiger partial charge in [0.2, 0.25) is 0 Å². The lowest BCUT2D eigenvalue weighted by molar-refractivity contribution is 0.281. The van der Waals surface area contributed by atoms with Crippen molar-refractivity contribution in [2.24, 2.45) is 5.92 Å². The lowest BCUT2D eigenvalue weighted by Crippen LogP contribution is -2.35. The minimum Gasteiger partial charge on any atom is -0.392 e. The molecule has 0 atom stereocenters. The van der Waals surface area contributed by atoms with Crippen LogP contribution in [0.4, 0.5) is 5.82 Å². The van der Waals surface area contributed by atoms with Crippen LogP contribution in [0.25, 0.3) is 0 Å². The second-order valence-electron chi connectivity index (χ2n) is 5.98. The maximum atomic E-state index is 9.41. The first kappa shape index (κ1) is 16.9. The van der Waals surface area contributed by atoms with Gasteiger partial charge >= 0.3 is 0 Å². The van der Waals surface area contributed by atoms with E-state index in [-0.39, 0.29) is 6.61 Å². The van der Waals surface area contributed by atoms with Gasteiger partial charge in [-0.2, -0.15) is 0 Å². The van der Waals surface area contributed by atoms with E-state index in [1.807, 2.05) is 12.1 Å². The number of aryl methyl sites for hydroxylation is 1. The van der Waals surface area contributed by atoms with Gasteiger partial charge < -0.3 is 14.9 Å². The molecule has 1 N–H and O–H groups in total. The molecule has 0 spiro atoms. The van der Waals surface area contributed by atoms with Crippen molar-refractivity contribution in [2.45, 2.75) is 33.8 Å². The molecule has 20 heavy (non-hydrogen) atoms. The zero-order valence-corrected chi connectivity index (χ0v) is 13.6. The molecular formula is C16H29N3O. The molecule has 0 unspecified atom stereocenters. The van der Waals surface area contributed by atoms with Gasteiger partial charge in [0.05, 0.1) is 6.61 Å². The Kier molecular flexibility index (Phi) is 6.96. The number of hydrogen-bond donors (Lipinski definition) is 1. The van der Waals surface area contributed by atoms with Crippen molar-refractivity contribution in [2.75, 3.05) is 38.6 Å². The van der Waals surface area contributed by atoms with Crippen LogP contribution in [0.15, 0.2) is 12.1 Å². The summed E-state index contributed by atoms with van der Waals surface area (Å²) in [6, 6.07) is 4.00. The van der Waals surface area contributed by atoms with Crippen molar-refractivity contribution < 1.29 is 5.11 Å². The molecule has 0 amide bonds. The lowest BCUT2D eigenvalue weighted by Gasteiger charge is -2.28. The summed E-state index contributed by atoms with van der Waals surface area (Å²) in [7, 11) is 4.17. The molecule has 4 heteroatoms. The smallest absolute Gasteiger partial charge is 0.129 e. The molecule has 4 nitrogen and oxygen atoms in total. The fraction of sp³-hybridized carbons (Fsp3) is 0.688. The van der Waals surface area contributed by atoms with Crippen LogP contribution in [-0.4, -0.2) is 48.7 Å². The van der Waals surface area contributed by atoms with Gasteiger partial charge in [-0.1, -0.05) is 20.8 Å². The van der Waals surface area contributed by atoms with E-state index >= 15 is 0 Å². The molecule has 1 heterocycles. The molecule has 0 aliphatic heterocycles. The summed E-state index contributed by atoms with van der Waals surface area (Å²) in [4.78, 5) is 9.23. The van der Waals surface area contributed by atoms with Crippen LogP contribution >= 0.6 is 0 Å². The van der Waals surface area contributed by atoms with Gasteiger partial charge in [-0.15, -0.1) is 0 Å². The van der Waals surface area contributed by atoms with Crippen LogP contribution < -0.4 is 4.90 Å². The van der Waals surface area contributed by atoms with Gasteiger partial charge in [-0.25, -0.2) is 4.98 Å². The normalized spacial score (nSPS) is 11.4. The monoisotopic (exact) mass is 279 g/mol. The van der Waals surface area contributed by atoms with Crippen LogP contribution in [0.1, 0.15) is 32.0 Å². The second kappa shape index (κ2) is 8.22. The third-order valence-corrected chi connectivity index (χ3v) is 3.20. The lowest BCUT2D eigenvalue weighted by atomic mass is 10.1. The molecule has 0 bridgehead atoms. The van der Waals surface area contributed by atoms with E-state index in [9.17, 15) is 5.11 Å². The topological polar surface area (TPSA) is 39.6 Å². The molecule has 1 rings (SSSR count). The van der Waals surface area contributed by atoms with Crippen LogP contribution in [-0.2, 0) is 13.0 Å². The molecule has 0 fully saturated rings. The fourth-order valence-electron chi connectivity index (χ4n) is 2.13.